The van der Waals surface area contributed by atoms with Crippen LogP contribution in [0.2, 0.25) is 0 Å². The van der Waals surface area contributed by atoms with E-state index in [-0.39, 0.29) is 0 Å². The molecule has 1 saturated heterocycles. The molecule has 0 N–H and O–H groups in total. The van der Waals surface area contributed by atoms with E-state index in [9.17, 15) is 0 Å². The molecule has 1 fully saturated rings. The Labute approximate surface area is 110 Å². The first-order valence-electron chi connectivity index (χ1n) is 6.81. The number of nitrogens with zero attached hydrogens (tertiary/aromatic N) is 1. The highest BCUT2D eigenvalue weighted by Gasteiger charge is 2.11. The second-order valence-corrected chi connectivity index (χ2v) is 4.72. The molecule has 1 aliphatic rings. The molecule has 1 aromatic carbocycles. The molecule has 0 bridgehead atoms. The number of rotatable bonds is 7. The summed E-state index contributed by atoms with van der Waals surface area (Å²) in [5, 5.41) is 0. The SMILES string of the molecule is COCCOCCc1ccc(N2CCCC2)cc1. The summed E-state index contributed by atoms with van der Waals surface area (Å²) in [6.07, 6.45) is 3.63. The van der Waals surface area contributed by atoms with Crippen LogP contribution in [0.3, 0.4) is 0 Å². The Kier molecular flexibility index (Phi) is 5.49. The average Bonchev–Trinajstić information content (AvgIpc) is 2.93. The van der Waals surface area contributed by atoms with E-state index < -0.39 is 0 Å². The fraction of sp³-hybridized carbons (Fsp3) is 0.600. The Morgan fingerprint density at radius 2 is 1.72 bits per heavy atom. The third-order valence-corrected chi connectivity index (χ3v) is 3.37. The fourth-order valence-corrected chi connectivity index (χ4v) is 2.28. The van der Waals surface area contributed by atoms with Gasteiger partial charge in [0.2, 0.25) is 0 Å². The van der Waals surface area contributed by atoms with Gasteiger partial charge in [-0.15, -0.1) is 0 Å². The van der Waals surface area contributed by atoms with Crippen LogP contribution in [-0.2, 0) is 15.9 Å². The van der Waals surface area contributed by atoms with Gasteiger partial charge in [-0.05, 0) is 37.0 Å². The predicted molar refractivity (Wildman–Crippen MR) is 74.3 cm³/mol. The van der Waals surface area contributed by atoms with Gasteiger partial charge in [-0.1, -0.05) is 12.1 Å². The van der Waals surface area contributed by atoms with Crippen molar-refractivity contribution in [3.8, 4) is 0 Å². The lowest BCUT2D eigenvalue weighted by atomic mass is 10.1. The standard InChI is InChI=1S/C15H23NO2/c1-17-12-13-18-11-8-14-4-6-15(7-5-14)16-9-2-3-10-16/h4-7H,2-3,8-13H2,1H3. The Hall–Kier alpha value is -1.06. The topological polar surface area (TPSA) is 21.7 Å². The monoisotopic (exact) mass is 249 g/mol. The van der Waals surface area contributed by atoms with Crippen molar-refractivity contribution in [2.75, 3.05) is 44.9 Å². The van der Waals surface area contributed by atoms with Crippen LogP contribution in [0.25, 0.3) is 0 Å². The van der Waals surface area contributed by atoms with E-state index >= 15 is 0 Å². The second kappa shape index (κ2) is 7.39. The molecule has 18 heavy (non-hydrogen) atoms. The van der Waals surface area contributed by atoms with Crippen LogP contribution < -0.4 is 4.90 Å². The number of anilines is 1. The van der Waals surface area contributed by atoms with E-state index in [2.05, 4.69) is 29.2 Å². The Morgan fingerprint density at radius 3 is 2.39 bits per heavy atom. The van der Waals surface area contributed by atoms with E-state index in [1.54, 1.807) is 7.11 Å². The Bertz CT molecular complexity index is 331. The third-order valence-electron chi connectivity index (χ3n) is 3.37. The summed E-state index contributed by atoms with van der Waals surface area (Å²) in [5.41, 5.74) is 2.70. The van der Waals surface area contributed by atoms with Crippen LogP contribution in [0.15, 0.2) is 24.3 Å². The summed E-state index contributed by atoms with van der Waals surface area (Å²) < 4.78 is 10.4. The van der Waals surface area contributed by atoms with Crippen LogP contribution >= 0.6 is 0 Å². The molecule has 0 aromatic heterocycles. The van der Waals surface area contributed by atoms with Gasteiger partial charge >= 0.3 is 0 Å². The molecule has 1 aromatic rings. The highest BCUT2D eigenvalue weighted by molar-refractivity contribution is 5.48. The summed E-state index contributed by atoms with van der Waals surface area (Å²) in [6, 6.07) is 8.90. The number of ether oxygens (including phenoxy) is 2. The average molecular weight is 249 g/mol. The molecule has 100 valence electrons. The van der Waals surface area contributed by atoms with E-state index in [0.29, 0.717) is 13.2 Å². The fourth-order valence-electron chi connectivity index (χ4n) is 2.28. The Morgan fingerprint density at radius 1 is 1.00 bits per heavy atom. The highest BCUT2D eigenvalue weighted by Crippen LogP contribution is 2.20. The molecule has 0 saturated carbocycles. The van der Waals surface area contributed by atoms with Crippen LogP contribution in [-0.4, -0.2) is 40.0 Å². The maximum Gasteiger partial charge on any atom is 0.0700 e. The molecule has 0 amide bonds. The molecule has 1 aliphatic heterocycles. The summed E-state index contributed by atoms with van der Waals surface area (Å²) in [6.45, 7) is 4.54. The first kappa shape index (κ1) is 13.4. The third kappa shape index (κ3) is 4.00. The number of methoxy groups -OCH3 is 1. The zero-order chi connectivity index (χ0) is 12.6. The lowest BCUT2D eigenvalue weighted by Gasteiger charge is -2.17. The van der Waals surface area contributed by atoms with E-state index in [0.717, 1.165) is 13.0 Å². The van der Waals surface area contributed by atoms with E-state index in [1.165, 1.54) is 37.2 Å². The molecular weight excluding hydrogens is 226 g/mol. The highest BCUT2D eigenvalue weighted by atomic mass is 16.5. The minimum Gasteiger partial charge on any atom is -0.382 e. The maximum atomic E-state index is 5.47. The molecule has 3 nitrogen and oxygen atoms in total. The van der Waals surface area contributed by atoms with Gasteiger partial charge in [-0.3, -0.25) is 0 Å². The van der Waals surface area contributed by atoms with Crippen molar-refractivity contribution in [1.29, 1.82) is 0 Å². The van der Waals surface area contributed by atoms with Crippen molar-refractivity contribution in [2.24, 2.45) is 0 Å². The van der Waals surface area contributed by atoms with Crippen LogP contribution in [0.5, 0.6) is 0 Å². The largest absolute Gasteiger partial charge is 0.382 e. The van der Waals surface area contributed by atoms with Gasteiger partial charge < -0.3 is 14.4 Å². The normalized spacial score (nSPS) is 15.3. The van der Waals surface area contributed by atoms with Crippen LogP contribution in [0, 0.1) is 0 Å². The summed E-state index contributed by atoms with van der Waals surface area (Å²) >= 11 is 0. The molecule has 0 radical (unpaired) electrons. The molecule has 0 atom stereocenters. The van der Waals surface area contributed by atoms with Gasteiger partial charge in [0.05, 0.1) is 19.8 Å². The van der Waals surface area contributed by atoms with E-state index in [4.69, 9.17) is 9.47 Å². The molecule has 0 aliphatic carbocycles. The smallest absolute Gasteiger partial charge is 0.0700 e. The van der Waals surface area contributed by atoms with Crippen LogP contribution in [0.4, 0.5) is 5.69 Å². The number of benzene rings is 1. The van der Waals surface area contributed by atoms with Crippen molar-refractivity contribution in [2.45, 2.75) is 19.3 Å². The molecule has 0 spiro atoms. The van der Waals surface area contributed by atoms with Crippen molar-refractivity contribution < 1.29 is 9.47 Å². The van der Waals surface area contributed by atoms with E-state index in [1.807, 2.05) is 0 Å². The second-order valence-electron chi connectivity index (χ2n) is 4.72. The van der Waals surface area contributed by atoms with Gasteiger partial charge in [-0.2, -0.15) is 0 Å². The first-order valence-corrected chi connectivity index (χ1v) is 6.81. The summed E-state index contributed by atoms with van der Waals surface area (Å²) in [4.78, 5) is 2.46. The van der Waals surface area contributed by atoms with Gasteiger partial charge in [0.25, 0.3) is 0 Å². The minimum absolute atomic E-state index is 0.675. The molecule has 0 unspecified atom stereocenters. The van der Waals surface area contributed by atoms with Gasteiger partial charge in [0.1, 0.15) is 0 Å². The zero-order valence-electron chi connectivity index (χ0n) is 11.2. The van der Waals surface area contributed by atoms with Crippen LogP contribution in [0.1, 0.15) is 18.4 Å². The number of hydrogen-bond acceptors (Lipinski definition) is 3. The minimum atomic E-state index is 0.675. The lowest BCUT2D eigenvalue weighted by molar-refractivity contribution is 0.0722. The lowest BCUT2D eigenvalue weighted by Crippen LogP contribution is -2.17. The predicted octanol–water partition coefficient (Wildman–Crippen LogP) is 2.49. The molecule has 1 heterocycles. The number of hydrogen-bond donors (Lipinski definition) is 0. The van der Waals surface area contributed by atoms with Gasteiger partial charge in [0.15, 0.2) is 0 Å². The van der Waals surface area contributed by atoms with Crippen molar-refractivity contribution in [3.63, 3.8) is 0 Å². The summed E-state index contributed by atoms with van der Waals surface area (Å²) in [7, 11) is 1.69. The zero-order valence-corrected chi connectivity index (χ0v) is 11.2. The Balaban J connectivity index is 1.73. The van der Waals surface area contributed by atoms with Crippen molar-refractivity contribution in [3.05, 3.63) is 29.8 Å². The molecule has 2 rings (SSSR count). The molecule has 3 heteroatoms. The van der Waals surface area contributed by atoms with Gasteiger partial charge in [-0.25, -0.2) is 0 Å². The first-order chi connectivity index (χ1) is 8.90. The maximum absolute atomic E-state index is 5.47. The quantitative estimate of drug-likeness (QED) is 0.693. The van der Waals surface area contributed by atoms with Crippen molar-refractivity contribution in [1.82, 2.24) is 0 Å². The summed E-state index contributed by atoms with van der Waals surface area (Å²) in [5.74, 6) is 0. The van der Waals surface area contributed by atoms with Crippen molar-refractivity contribution >= 4 is 5.69 Å². The van der Waals surface area contributed by atoms with Gasteiger partial charge in [0, 0.05) is 25.9 Å². The molecular formula is C15H23NO2.